The SMILES string of the molecule is C=CCCN(Cc1ncc(-c2ccc(-c3ccc4c(c3)CCc3nc([C@@H]5CCCN5C(=O)[C@@H](N)C(C)C)[nH]c3C4)cc2)[nH]1)C(=O)[C@@H](N)C(C)C. The van der Waals surface area contributed by atoms with Gasteiger partial charge in [-0.25, -0.2) is 9.97 Å². The Hall–Kier alpha value is -4.54. The van der Waals surface area contributed by atoms with E-state index in [1.165, 1.54) is 16.7 Å². The van der Waals surface area contributed by atoms with Crippen LogP contribution >= 0.6 is 0 Å². The average molecular weight is 677 g/mol. The first-order valence-electron chi connectivity index (χ1n) is 18.1. The van der Waals surface area contributed by atoms with Crippen molar-refractivity contribution >= 4 is 11.8 Å². The number of fused-ring (bicyclic) bond motifs is 2. The van der Waals surface area contributed by atoms with Crippen molar-refractivity contribution < 1.29 is 9.59 Å². The van der Waals surface area contributed by atoms with Crippen LogP contribution in [0.15, 0.2) is 61.3 Å². The van der Waals surface area contributed by atoms with E-state index in [0.29, 0.717) is 19.5 Å². The number of aromatic amines is 2. The van der Waals surface area contributed by atoms with Gasteiger partial charge in [0.05, 0.1) is 42.3 Å². The zero-order valence-electron chi connectivity index (χ0n) is 29.9. The van der Waals surface area contributed by atoms with Crippen molar-refractivity contribution in [3.63, 3.8) is 0 Å². The van der Waals surface area contributed by atoms with Crippen LogP contribution in [0.2, 0.25) is 0 Å². The van der Waals surface area contributed by atoms with Gasteiger partial charge in [0.25, 0.3) is 0 Å². The molecule has 0 spiro atoms. The maximum Gasteiger partial charge on any atom is 0.240 e. The van der Waals surface area contributed by atoms with Gasteiger partial charge >= 0.3 is 0 Å². The topological polar surface area (TPSA) is 150 Å². The highest BCUT2D eigenvalue weighted by molar-refractivity contribution is 5.83. The van der Waals surface area contributed by atoms with Gasteiger partial charge < -0.3 is 31.2 Å². The van der Waals surface area contributed by atoms with Gasteiger partial charge in [-0.15, -0.1) is 6.58 Å². The number of imidazole rings is 2. The van der Waals surface area contributed by atoms with Crippen LogP contribution in [0.5, 0.6) is 0 Å². The summed E-state index contributed by atoms with van der Waals surface area (Å²) in [6.07, 6.45) is 8.76. The van der Waals surface area contributed by atoms with Gasteiger partial charge in [-0.05, 0) is 71.8 Å². The third-order valence-electron chi connectivity index (χ3n) is 10.4. The van der Waals surface area contributed by atoms with Gasteiger partial charge in [-0.1, -0.05) is 76.2 Å². The lowest BCUT2D eigenvalue weighted by Gasteiger charge is -2.27. The summed E-state index contributed by atoms with van der Waals surface area (Å²) in [5.41, 5.74) is 21.6. The molecule has 0 radical (unpaired) electrons. The van der Waals surface area contributed by atoms with E-state index in [1.54, 1.807) is 4.90 Å². The summed E-state index contributed by atoms with van der Waals surface area (Å²) in [6.45, 7) is 13.4. The molecule has 3 atom stereocenters. The van der Waals surface area contributed by atoms with Crippen molar-refractivity contribution in [3.8, 4) is 22.4 Å². The number of nitrogens with two attached hydrogens (primary N) is 2. The number of rotatable bonds is 12. The molecule has 1 aliphatic carbocycles. The molecular formula is C40H52N8O2. The van der Waals surface area contributed by atoms with E-state index in [0.717, 1.165) is 78.5 Å². The van der Waals surface area contributed by atoms with E-state index >= 15 is 0 Å². The number of hydrogen-bond acceptors (Lipinski definition) is 6. The fraction of sp³-hybridized carbons (Fsp3) is 0.450. The van der Waals surface area contributed by atoms with E-state index in [-0.39, 0.29) is 29.7 Å². The number of carbonyl (C=O) groups is 2. The first-order chi connectivity index (χ1) is 24.0. The highest BCUT2D eigenvalue weighted by Gasteiger charge is 2.36. The molecule has 10 heteroatoms. The van der Waals surface area contributed by atoms with Crippen molar-refractivity contribution in [2.75, 3.05) is 13.1 Å². The van der Waals surface area contributed by atoms with Gasteiger partial charge in [0.2, 0.25) is 11.8 Å². The molecular weight excluding hydrogens is 624 g/mol. The number of aryl methyl sites for hydroxylation is 2. The zero-order chi connectivity index (χ0) is 35.5. The highest BCUT2D eigenvalue weighted by Crippen LogP contribution is 2.34. The summed E-state index contributed by atoms with van der Waals surface area (Å²) in [5, 5.41) is 0. The Bertz CT molecular complexity index is 1820. The quantitative estimate of drug-likeness (QED) is 0.142. The molecule has 1 fully saturated rings. The third-order valence-corrected chi connectivity index (χ3v) is 10.4. The lowest BCUT2D eigenvalue weighted by Crippen LogP contribution is -2.46. The van der Waals surface area contributed by atoms with E-state index in [2.05, 4.69) is 64.0 Å². The first-order valence-corrected chi connectivity index (χ1v) is 18.1. The fourth-order valence-electron chi connectivity index (χ4n) is 7.05. The number of nitrogens with one attached hydrogen (secondary N) is 2. The average Bonchev–Trinajstić information content (AvgIpc) is 3.87. The molecule has 1 saturated heterocycles. The molecule has 2 aromatic carbocycles. The number of aromatic nitrogens is 4. The van der Waals surface area contributed by atoms with Gasteiger partial charge in [-0.2, -0.15) is 0 Å². The molecule has 2 aromatic heterocycles. The maximum absolute atomic E-state index is 13.1. The lowest BCUT2D eigenvalue weighted by molar-refractivity contribution is -0.135. The van der Waals surface area contributed by atoms with Crippen LogP contribution in [-0.2, 0) is 35.4 Å². The summed E-state index contributed by atoms with van der Waals surface area (Å²) < 4.78 is 0. The van der Waals surface area contributed by atoms with Crippen LogP contribution in [0.3, 0.4) is 0 Å². The molecule has 264 valence electrons. The van der Waals surface area contributed by atoms with Crippen molar-refractivity contribution in [1.29, 1.82) is 0 Å². The van der Waals surface area contributed by atoms with E-state index in [4.69, 9.17) is 16.5 Å². The van der Waals surface area contributed by atoms with E-state index in [9.17, 15) is 9.59 Å². The van der Waals surface area contributed by atoms with Crippen LogP contribution in [-0.4, -0.2) is 66.7 Å². The number of benzene rings is 2. The predicted molar refractivity (Wildman–Crippen MR) is 198 cm³/mol. The molecule has 0 unspecified atom stereocenters. The minimum absolute atomic E-state index is 0.0244. The molecule has 4 aromatic rings. The van der Waals surface area contributed by atoms with Crippen LogP contribution in [0.4, 0.5) is 0 Å². The minimum atomic E-state index is -0.550. The Balaban J connectivity index is 1.13. The monoisotopic (exact) mass is 676 g/mol. The Morgan fingerprint density at radius 2 is 1.70 bits per heavy atom. The Morgan fingerprint density at radius 1 is 0.980 bits per heavy atom. The Morgan fingerprint density at radius 3 is 2.42 bits per heavy atom. The molecule has 2 amide bonds. The number of hydrogen-bond donors (Lipinski definition) is 4. The van der Waals surface area contributed by atoms with Crippen molar-refractivity contribution in [2.24, 2.45) is 23.3 Å². The van der Waals surface area contributed by atoms with Gasteiger partial charge in [0, 0.05) is 25.2 Å². The number of amides is 2. The van der Waals surface area contributed by atoms with Crippen molar-refractivity contribution in [1.82, 2.24) is 29.7 Å². The summed E-state index contributed by atoms with van der Waals surface area (Å²) >= 11 is 0. The molecule has 1 aliphatic heterocycles. The third kappa shape index (κ3) is 7.46. The first kappa shape index (κ1) is 35.3. The number of nitrogens with zero attached hydrogens (tertiary/aromatic N) is 4. The number of likely N-dealkylation sites (tertiary alicyclic amines) is 1. The summed E-state index contributed by atoms with van der Waals surface area (Å²) in [7, 11) is 0. The molecule has 3 heterocycles. The second kappa shape index (κ2) is 15.1. The lowest BCUT2D eigenvalue weighted by atomic mass is 9.95. The molecule has 0 saturated carbocycles. The highest BCUT2D eigenvalue weighted by atomic mass is 16.2. The molecule has 6 N–H and O–H groups in total. The van der Waals surface area contributed by atoms with Gasteiger partial charge in [0.1, 0.15) is 11.6 Å². The van der Waals surface area contributed by atoms with Crippen LogP contribution in [0.1, 0.15) is 87.2 Å². The second-order valence-corrected chi connectivity index (χ2v) is 14.6. The summed E-state index contributed by atoms with van der Waals surface area (Å²) in [6, 6.07) is 14.2. The fourth-order valence-corrected chi connectivity index (χ4v) is 7.05. The molecule has 6 rings (SSSR count). The van der Waals surface area contributed by atoms with Gasteiger partial charge in [-0.3, -0.25) is 9.59 Å². The predicted octanol–water partition coefficient (Wildman–Crippen LogP) is 5.69. The smallest absolute Gasteiger partial charge is 0.240 e. The molecule has 0 bridgehead atoms. The van der Waals surface area contributed by atoms with E-state index < -0.39 is 12.1 Å². The maximum atomic E-state index is 13.1. The summed E-state index contributed by atoms with van der Waals surface area (Å²) in [4.78, 5) is 46.5. The number of H-pyrrole nitrogens is 2. The van der Waals surface area contributed by atoms with E-state index in [1.807, 2.05) is 44.9 Å². The largest absolute Gasteiger partial charge is 0.344 e. The van der Waals surface area contributed by atoms with Crippen LogP contribution in [0.25, 0.3) is 22.4 Å². The second-order valence-electron chi connectivity index (χ2n) is 14.6. The van der Waals surface area contributed by atoms with Crippen molar-refractivity contribution in [2.45, 2.75) is 90.9 Å². The summed E-state index contributed by atoms with van der Waals surface area (Å²) in [5.74, 6) is 1.72. The standard InChI is InChI=1S/C40H52N8O2/c1-6-7-18-47(39(49)36(41)24(2)3)23-35-43-22-33(44-35)27-12-10-26(11-13-27)28-14-15-30-21-32-31(17-16-29(30)20-28)45-38(46-32)34-9-8-19-48(34)40(50)37(42)25(4)5/h6,10-15,20,22,24-25,34,36-37H,1,7-9,16-19,21,23,41-42H2,2-5H3,(H,43,44)(H,45,46)/t34-,36-,37-/m0/s1. The van der Waals surface area contributed by atoms with Gasteiger partial charge in [0.15, 0.2) is 0 Å². The Kier molecular flexibility index (Phi) is 10.7. The zero-order valence-corrected chi connectivity index (χ0v) is 29.9. The van der Waals surface area contributed by atoms with Crippen molar-refractivity contribution in [3.05, 3.63) is 95.5 Å². The van der Waals surface area contributed by atoms with Crippen LogP contribution < -0.4 is 11.5 Å². The molecule has 50 heavy (non-hydrogen) atoms. The Labute approximate surface area is 295 Å². The normalized spacial score (nSPS) is 17.0. The number of carbonyl (C=O) groups excluding carboxylic acids is 2. The van der Waals surface area contributed by atoms with Crippen LogP contribution in [0, 0.1) is 11.8 Å². The minimum Gasteiger partial charge on any atom is -0.344 e. The molecule has 10 nitrogen and oxygen atoms in total. The molecule has 2 aliphatic rings.